The van der Waals surface area contributed by atoms with Gasteiger partial charge in [-0.2, -0.15) is 0 Å². The fourth-order valence-electron chi connectivity index (χ4n) is 2.18. The lowest BCUT2D eigenvalue weighted by molar-refractivity contribution is 1.02. The minimum Gasteiger partial charge on any atom is -0.378 e. The summed E-state index contributed by atoms with van der Waals surface area (Å²) in [6, 6.07) is 8.84. The Kier molecular flexibility index (Phi) is 6.58. The summed E-state index contributed by atoms with van der Waals surface area (Å²) in [5, 5.41) is 0. The van der Waals surface area contributed by atoms with Crippen LogP contribution in [0, 0.1) is 0 Å². The van der Waals surface area contributed by atoms with Gasteiger partial charge in [0.1, 0.15) is 0 Å². The van der Waals surface area contributed by atoms with Crippen molar-refractivity contribution in [2.45, 2.75) is 45.4 Å². The number of nitrogens with zero attached hydrogens (tertiary/aromatic N) is 1. The van der Waals surface area contributed by atoms with Crippen molar-refractivity contribution in [3.8, 4) is 0 Å². The number of allylic oxidation sites excluding steroid dienone is 1. The summed E-state index contributed by atoms with van der Waals surface area (Å²) in [5.41, 5.74) is 4.22. The molecule has 0 saturated carbocycles. The zero-order valence-electron chi connectivity index (χ0n) is 13.2. The topological polar surface area (TPSA) is 3.24 Å². The van der Waals surface area contributed by atoms with E-state index >= 15 is 0 Å². The van der Waals surface area contributed by atoms with Crippen molar-refractivity contribution in [2.75, 3.05) is 19.0 Å². The van der Waals surface area contributed by atoms with Gasteiger partial charge in [-0.1, -0.05) is 59.6 Å². The first-order valence-corrected chi connectivity index (χ1v) is 8.67. The normalized spacial score (nSPS) is 12.1. The second-order valence-electron chi connectivity index (χ2n) is 5.78. The Labute approximate surface area is 120 Å². The summed E-state index contributed by atoms with van der Waals surface area (Å²) < 4.78 is 0. The highest BCUT2D eigenvalue weighted by atomic mass is 31.1. The van der Waals surface area contributed by atoms with Crippen LogP contribution in [0.4, 0.5) is 5.69 Å². The van der Waals surface area contributed by atoms with E-state index < -0.39 is 0 Å². The molecule has 1 nitrogen and oxygen atoms in total. The van der Waals surface area contributed by atoms with Gasteiger partial charge in [0, 0.05) is 19.8 Å². The third kappa shape index (κ3) is 5.37. The molecule has 1 rings (SSSR count). The molecule has 0 fully saturated rings. The average molecular weight is 277 g/mol. The van der Waals surface area contributed by atoms with Crippen LogP contribution >= 0.6 is 7.92 Å². The van der Waals surface area contributed by atoms with Crippen LogP contribution in [0.1, 0.15) is 33.3 Å². The Bertz CT molecular complexity index is 382. The summed E-state index contributed by atoms with van der Waals surface area (Å²) in [4.78, 5) is 2.14. The van der Waals surface area contributed by atoms with E-state index in [1.54, 1.807) is 0 Å². The minimum absolute atomic E-state index is 0.0198. The smallest absolute Gasteiger partial charge is 0.0361 e. The summed E-state index contributed by atoms with van der Waals surface area (Å²) in [5.74, 6) is 2.46. The third-order valence-corrected chi connectivity index (χ3v) is 6.22. The molecule has 0 spiro atoms. The molecule has 0 aliphatic heterocycles. The van der Waals surface area contributed by atoms with Gasteiger partial charge in [-0.15, -0.1) is 0 Å². The molecule has 0 saturated heterocycles. The van der Waals surface area contributed by atoms with Gasteiger partial charge in [-0.05, 0) is 35.4 Å². The summed E-state index contributed by atoms with van der Waals surface area (Å²) in [6.07, 6.45) is 3.41. The Morgan fingerprint density at radius 1 is 1.00 bits per heavy atom. The van der Waals surface area contributed by atoms with Gasteiger partial charge in [0.2, 0.25) is 0 Å². The zero-order valence-corrected chi connectivity index (χ0v) is 14.1. The van der Waals surface area contributed by atoms with E-state index in [4.69, 9.17) is 0 Å². The number of rotatable bonds is 6. The van der Waals surface area contributed by atoms with Crippen LogP contribution in [0.5, 0.6) is 0 Å². The largest absolute Gasteiger partial charge is 0.378 e. The maximum absolute atomic E-state index is 2.46. The Morgan fingerprint density at radius 2 is 1.53 bits per heavy atom. The van der Waals surface area contributed by atoms with Gasteiger partial charge in [-0.25, -0.2) is 0 Å². The average Bonchev–Trinajstić information content (AvgIpc) is 2.34. The Morgan fingerprint density at radius 3 is 1.95 bits per heavy atom. The molecule has 0 radical (unpaired) electrons. The van der Waals surface area contributed by atoms with Gasteiger partial charge < -0.3 is 4.90 Å². The first kappa shape index (κ1) is 16.2. The highest BCUT2D eigenvalue weighted by molar-refractivity contribution is 7.62. The molecular weight excluding hydrogens is 249 g/mol. The highest BCUT2D eigenvalue weighted by Gasteiger charge is 2.12. The lowest BCUT2D eigenvalue weighted by Gasteiger charge is -2.21. The quantitative estimate of drug-likeness (QED) is 0.653. The molecule has 0 bridgehead atoms. The van der Waals surface area contributed by atoms with Crippen molar-refractivity contribution in [2.24, 2.45) is 0 Å². The number of anilines is 1. The van der Waals surface area contributed by atoms with Gasteiger partial charge in [0.05, 0.1) is 0 Å². The Balaban J connectivity index is 2.60. The van der Waals surface area contributed by atoms with E-state index in [1.807, 2.05) is 0 Å². The summed E-state index contributed by atoms with van der Waals surface area (Å²) in [6.45, 7) is 9.34. The lowest BCUT2D eigenvalue weighted by Crippen LogP contribution is -2.08. The zero-order chi connectivity index (χ0) is 14.4. The van der Waals surface area contributed by atoms with Gasteiger partial charge >= 0.3 is 0 Å². The monoisotopic (exact) mass is 277 g/mol. The lowest BCUT2D eigenvalue weighted by atomic mass is 10.1. The van der Waals surface area contributed by atoms with Crippen LogP contribution < -0.4 is 4.90 Å². The van der Waals surface area contributed by atoms with E-state index in [1.165, 1.54) is 11.3 Å². The van der Waals surface area contributed by atoms with Crippen LogP contribution in [-0.4, -0.2) is 25.4 Å². The van der Waals surface area contributed by atoms with E-state index in [0.717, 1.165) is 17.7 Å². The fourth-order valence-corrected chi connectivity index (χ4v) is 4.41. The van der Waals surface area contributed by atoms with Crippen LogP contribution in [0.15, 0.2) is 36.2 Å². The summed E-state index contributed by atoms with van der Waals surface area (Å²) >= 11 is 0. The van der Waals surface area contributed by atoms with Crippen molar-refractivity contribution in [1.29, 1.82) is 0 Å². The van der Waals surface area contributed by atoms with Crippen LogP contribution in [0.2, 0.25) is 0 Å². The number of hydrogen-bond donors (Lipinski definition) is 0. The van der Waals surface area contributed by atoms with Crippen molar-refractivity contribution in [3.63, 3.8) is 0 Å². The molecule has 1 aromatic rings. The molecule has 1 aromatic carbocycles. The molecular formula is C17H28NP. The third-order valence-electron chi connectivity index (χ3n) is 3.28. The molecule has 19 heavy (non-hydrogen) atoms. The maximum atomic E-state index is 2.46. The van der Waals surface area contributed by atoms with Crippen molar-refractivity contribution >= 4 is 13.6 Å². The maximum Gasteiger partial charge on any atom is 0.0361 e. The minimum atomic E-state index is 0.0198. The molecule has 0 N–H and O–H groups in total. The van der Waals surface area contributed by atoms with Crippen molar-refractivity contribution in [1.82, 2.24) is 0 Å². The first-order chi connectivity index (χ1) is 8.91. The Hall–Kier alpha value is -0.810. The van der Waals surface area contributed by atoms with Gasteiger partial charge in [-0.3, -0.25) is 0 Å². The first-order valence-electron chi connectivity index (χ1n) is 7.12. The molecule has 0 heterocycles. The van der Waals surface area contributed by atoms with Crippen LogP contribution in [0.25, 0.3) is 0 Å². The van der Waals surface area contributed by atoms with E-state index in [-0.39, 0.29) is 7.92 Å². The molecule has 106 valence electrons. The highest BCUT2D eigenvalue weighted by Crippen LogP contribution is 2.47. The second-order valence-corrected chi connectivity index (χ2v) is 9.04. The summed E-state index contributed by atoms with van der Waals surface area (Å²) in [7, 11) is 4.17. The molecule has 0 aliphatic rings. The second kappa shape index (κ2) is 7.70. The van der Waals surface area contributed by atoms with Gasteiger partial charge in [0.25, 0.3) is 0 Å². The van der Waals surface area contributed by atoms with Crippen molar-refractivity contribution in [3.05, 3.63) is 41.7 Å². The predicted octanol–water partition coefficient (Wildman–Crippen LogP) is 5.11. The van der Waals surface area contributed by atoms with Crippen LogP contribution in [0.3, 0.4) is 0 Å². The predicted molar refractivity (Wildman–Crippen MR) is 90.8 cm³/mol. The SMILES string of the molecule is CC(C)P(C=CCc1ccc(N(C)C)cc1)C(C)C. The molecule has 2 heteroatoms. The molecule has 0 aromatic heterocycles. The molecule has 0 atom stereocenters. The molecule has 0 amide bonds. The number of hydrogen-bond acceptors (Lipinski definition) is 1. The number of benzene rings is 1. The fraction of sp³-hybridized carbons (Fsp3) is 0.529. The van der Waals surface area contributed by atoms with Gasteiger partial charge in [0.15, 0.2) is 0 Å². The van der Waals surface area contributed by atoms with Crippen molar-refractivity contribution < 1.29 is 0 Å². The van der Waals surface area contributed by atoms with Crippen LogP contribution in [-0.2, 0) is 6.42 Å². The standard InChI is InChI=1S/C17H28NP/c1-14(2)19(15(3)4)13-7-8-16-9-11-17(12-10-16)18(5)6/h7,9-15H,8H2,1-6H3. The molecule has 0 unspecified atom stereocenters. The molecule has 0 aliphatic carbocycles. The van der Waals surface area contributed by atoms with E-state index in [2.05, 4.69) is 82.8 Å². The van der Waals surface area contributed by atoms with E-state index in [0.29, 0.717) is 0 Å². The van der Waals surface area contributed by atoms with E-state index in [9.17, 15) is 0 Å².